The molecule has 19 heavy (non-hydrogen) atoms. The standard InChI is InChI=1S/C14H20BrFN2S/c1-8(14(2,3)4)7-18-10-6-5-9(13(17)19)11(15)12(10)16/h5-6,8,18H,7H2,1-4H3,(H2,17,19). The lowest BCUT2D eigenvalue weighted by Crippen LogP contribution is -2.25. The van der Waals surface area contributed by atoms with Crippen molar-refractivity contribution in [3.05, 3.63) is 28.0 Å². The highest BCUT2D eigenvalue weighted by Crippen LogP contribution is 2.29. The lowest BCUT2D eigenvalue weighted by atomic mass is 9.82. The lowest BCUT2D eigenvalue weighted by molar-refractivity contribution is 0.274. The molecular formula is C14H20BrFN2S. The molecule has 1 aromatic carbocycles. The molecule has 0 aromatic heterocycles. The fraction of sp³-hybridized carbons (Fsp3) is 0.500. The van der Waals surface area contributed by atoms with Crippen LogP contribution in [-0.2, 0) is 0 Å². The van der Waals surface area contributed by atoms with E-state index >= 15 is 0 Å². The van der Waals surface area contributed by atoms with Crippen molar-refractivity contribution < 1.29 is 4.39 Å². The van der Waals surface area contributed by atoms with E-state index in [0.29, 0.717) is 28.2 Å². The summed E-state index contributed by atoms with van der Waals surface area (Å²) < 4.78 is 14.5. The van der Waals surface area contributed by atoms with E-state index in [1.807, 2.05) is 0 Å². The second-order valence-electron chi connectivity index (χ2n) is 5.80. The molecule has 5 heteroatoms. The first-order valence-corrected chi connectivity index (χ1v) is 7.36. The predicted molar refractivity (Wildman–Crippen MR) is 87.1 cm³/mol. The molecule has 1 rings (SSSR count). The van der Waals surface area contributed by atoms with E-state index < -0.39 is 0 Å². The normalized spacial score (nSPS) is 13.2. The van der Waals surface area contributed by atoms with E-state index in [9.17, 15) is 4.39 Å². The second-order valence-corrected chi connectivity index (χ2v) is 7.03. The van der Waals surface area contributed by atoms with Gasteiger partial charge in [0.25, 0.3) is 0 Å². The van der Waals surface area contributed by atoms with Gasteiger partial charge in [0.1, 0.15) is 4.99 Å². The van der Waals surface area contributed by atoms with Crippen molar-refractivity contribution >= 4 is 38.8 Å². The summed E-state index contributed by atoms with van der Waals surface area (Å²) in [6, 6.07) is 3.39. The Labute approximate surface area is 128 Å². The summed E-state index contributed by atoms with van der Waals surface area (Å²) in [5.74, 6) is 0.0624. The highest BCUT2D eigenvalue weighted by atomic mass is 79.9. The van der Waals surface area contributed by atoms with Crippen molar-refractivity contribution in [2.45, 2.75) is 27.7 Å². The Morgan fingerprint density at radius 3 is 2.53 bits per heavy atom. The number of benzene rings is 1. The van der Waals surface area contributed by atoms with Crippen LogP contribution in [0, 0.1) is 17.2 Å². The Morgan fingerprint density at radius 1 is 1.47 bits per heavy atom. The number of rotatable bonds is 4. The maximum Gasteiger partial charge on any atom is 0.161 e. The summed E-state index contributed by atoms with van der Waals surface area (Å²) in [5, 5.41) is 3.14. The minimum absolute atomic E-state index is 0.180. The van der Waals surface area contributed by atoms with Gasteiger partial charge in [-0.2, -0.15) is 0 Å². The van der Waals surface area contributed by atoms with Crippen LogP contribution in [0.2, 0.25) is 0 Å². The molecule has 0 amide bonds. The summed E-state index contributed by atoms with van der Waals surface area (Å²) in [4.78, 5) is 0.181. The summed E-state index contributed by atoms with van der Waals surface area (Å²) in [6.07, 6.45) is 0. The SMILES string of the molecule is CC(CNc1ccc(C(N)=S)c(Br)c1F)C(C)(C)C. The number of hydrogen-bond donors (Lipinski definition) is 2. The molecule has 0 heterocycles. The Morgan fingerprint density at radius 2 is 2.05 bits per heavy atom. The fourth-order valence-corrected chi connectivity index (χ4v) is 2.31. The van der Waals surface area contributed by atoms with Gasteiger partial charge < -0.3 is 11.1 Å². The van der Waals surface area contributed by atoms with Crippen LogP contribution in [-0.4, -0.2) is 11.5 Å². The van der Waals surface area contributed by atoms with Gasteiger partial charge in [-0.25, -0.2) is 4.39 Å². The third-order valence-corrected chi connectivity index (χ3v) is 4.42. The highest BCUT2D eigenvalue weighted by Gasteiger charge is 2.20. The monoisotopic (exact) mass is 346 g/mol. The molecule has 3 N–H and O–H groups in total. The minimum atomic E-state index is -0.355. The van der Waals surface area contributed by atoms with Crippen LogP contribution in [0.15, 0.2) is 16.6 Å². The second kappa shape index (κ2) is 6.18. The molecule has 0 saturated carbocycles. The average Bonchev–Trinajstić information content (AvgIpc) is 2.28. The van der Waals surface area contributed by atoms with Gasteiger partial charge in [0.2, 0.25) is 0 Å². The number of anilines is 1. The number of halogens is 2. The largest absolute Gasteiger partial charge is 0.389 e. The summed E-state index contributed by atoms with van der Waals surface area (Å²) >= 11 is 8.06. The summed E-state index contributed by atoms with van der Waals surface area (Å²) in [7, 11) is 0. The van der Waals surface area contributed by atoms with Crippen molar-refractivity contribution in [3.63, 3.8) is 0 Å². The van der Waals surface area contributed by atoms with Gasteiger partial charge in [-0.15, -0.1) is 0 Å². The molecule has 1 atom stereocenters. The van der Waals surface area contributed by atoms with Crippen molar-refractivity contribution in [2.24, 2.45) is 17.1 Å². The van der Waals surface area contributed by atoms with E-state index in [1.165, 1.54) is 0 Å². The van der Waals surface area contributed by atoms with Crippen LogP contribution in [0.1, 0.15) is 33.3 Å². The van der Waals surface area contributed by atoms with E-state index in [1.54, 1.807) is 12.1 Å². The first-order valence-electron chi connectivity index (χ1n) is 6.16. The smallest absolute Gasteiger partial charge is 0.161 e. The molecule has 0 aliphatic rings. The molecule has 0 spiro atoms. The molecule has 0 saturated heterocycles. The van der Waals surface area contributed by atoms with E-state index in [-0.39, 0.29) is 16.2 Å². The van der Waals surface area contributed by atoms with Gasteiger partial charge in [0.15, 0.2) is 5.82 Å². The molecule has 1 unspecified atom stereocenters. The molecule has 0 fully saturated rings. The molecule has 2 nitrogen and oxygen atoms in total. The highest BCUT2D eigenvalue weighted by molar-refractivity contribution is 9.10. The number of hydrogen-bond acceptors (Lipinski definition) is 2. The maximum atomic E-state index is 14.1. The van der Waals surface area contributed by atoms with E-state index in [0.717, 1.165) is 0 Å². The Balaban J connectivity index is 2.87. The fourth-order valence-electron chi connectivity index (χ4n) is 1.45. The van der Waals surface area contributed by atoms with Crippen LogP contribution < -0.4 is 11.1 Å². The van der Waals surface area contributed by atoms with Crippen LogP contribution in [0.4, 0.5) is 10.1 Å². The molecule has 0 aliphatic carbocycles. The molecule has 0 radical (unpaired) electrons. The van der Waals surface area contributed by atoms with Crippen LogP contribution in [0.3, 0.4) is 0 Å². The van der Waals surface area contributed by atoms with Crippen LogP contribution >= 0.6 is 28.1 Å². The van der Waals surface area contributed by atoms with Crippen molar-refractivity contribution in [3.8, 4) is 0 Å². The number of nitrogens with one attached hydrogen (secondary N) is 1. The third kappa shape index (κ3) is 4.14. The Hall–Kier alpha value is -0.680. The third-order valence-electron chi connectivity index (χ3n) is 3.42. The van der Waals surface area contributed by atoms with Crippen LogP contribution in [0.25, 0.3) is 0 Å². The molecular weight excluding hydrogens is 327 g/mol. The zero-order chi connectivity index (χ0) is 14.8. The summed E-state index contributed by atoms with van der Waals surface area (Å²) in [5.41, 5.74) is 6.68. The number of thiocarbonyl (C=S) groups is 1. The molecule has 0 bridgehead atoms. The molecule has 1 aromatic rings. The molecule has 106 valence electrons. The first-order chi connectivity index (χ1) is 8.64. The predicted octanol–water partition coefficient (Wildman–Crippen LogP) is 4.32. The quantitative estimate of drug-likeness (QED) is 0.797. The average molecular weight is 347 g/mol. The van der Waals surface area contributed by atoms with Gasteiger partial charge in [0.05, 0.1) is 10.2 Å². The van der Waals surface area contributed by atoms with Gasteiger partial charge in [0, 0.05) is 12.1 Å². The maximum absolute atomic E-state index is 14.1. The Kier molecular flexibility index (Phi) is 5.33. The topological polar surface area (TPSA) is 38.0 Å². The zero-order valence-electron chi connectivity index (χ0n) is 11.7. The minimum Gasteiger partial charge on any atom is -0.389 e. The van der Waals surface area contributed by atoms with Gasteiger partial charge >= 0.3 is 0 Å². The van der Waals surface area contributed by atoms with Gasteiger partial charge in [-0.1, -0.05) is 39.9 Å². The van der Waals surface area contributed by atoms with Crippen molar-refractivity contribution in [1.29, 1.82) is 0 Å². The van der Waals surface area contributed by atoms with Crippen LogP contribution in [0.5, 0.6) is 0 Å². The lowest BCUT2D eigenvalue weighted by Gasteiger charge is -2.27. The Bertz CT molecular complexity index is 483. The zero-order valence-corrected chi connectivity index (χ0v) is 14.1. The van der Waals surface area contributed by atoms with Crippen molar-refractivity contribution in [2.75, 3.05) is 11.9 Å². The summed E-state index contributed by atoms with van der Waals surface area (Å²) in [6.45, 7) is 9.35. The van der Waals surface area contributed by atoms with E-state index in [4.69, 9.17) is 18.0 Å². The van der Waals surface area contributed by atoms with E-state index in [2.05, 4.69) is 48.9 Å². The number of nitrogens with two attached hydrogens (primary N) is 1. The van der Waals surface area contributed by atoms with Gasteiger partial charge in [-0.3, -0.25) is 0 Å². The first kappa shape index (κ1) is 16.4. The van der Waals surface area contributed by atoms with Gasteiger partial charge in [-0.05, 0) is 39.4 Å². The van der Waals surface area contributed by atoms with Crippen molar-refractivity contribution in [1.82, 2.24) is 0 Å². The molecule has 0 aliphatic heterocycles.